The van der Waals surface area contributed by atoms with Crippen molar-refractivity contribution in [3.63, 3.8) is 0 Å². The van der Waals surface area contributed by atoms with Gasteiger partial charge in [-0.05, 0) is 55.8 Å². The first-order valence-electron chi connectivity index (χ1n) is 12.3. The number of carbonyl (C=O) groups is 2. The summed E-state index contributed by atoms with van der Waals surface area (Å²) in [5, 5.41) is 2.94. The largest absolute Gasteiger partial charge is 0.459 e. The molecule has 0 atom stereocenters. The maximum Gasteiger partial charge on any atom is 0.289 e. The molecule has 0 saturated carbocycles. The quantitative estimate of drug-likeness (QED) is 0.399. The topological polar surface area (TPSA) is 93.1 Å². The third-order valence-electron chi connectivity index (χ3n) is 6.04. The standard InChI is InChI=1S/C26H34N4O5/c1-2-11-30(26(32)24-7-4-16-34-24)19-21-6-3-13-29(21)20-22-8-9-23(35-22)25(31)27-10-5-12-28-14-17-33-18-15-28/h3-4,6-9,13,16H,2,5,10-12,14-15,17-20H2,1H3,(H,27,31). The van der Waals surface area contributed by atoms with Gasteiger partial charge in [0.1, 0.15) is 5.76 Å². The first-order chi connectivity index (χ1) is 17.1. The highest BCUT2D eigenvalue weighted by Crippen LogP contribution is 2.16. The summed E-state index contributed by atoms with van der Waals surface area (Å²) in [5.74, 6) is 0.989. The highest BCUT2D eigenvalue weighted by molar-refractivity contribution is 5.91. The molecule has 4 rings (SSSR count). The van der Waals surface area contributed by atoms with Crippen LogP contribution in [0.1, 0.15) is 52.3 Å². The summed E-state index contributed by atoms with van der Waals surface area (Å²) in [7, 11) is 0. The molecule has 3 aromatic rings. The van der Waals surface area contributed by atoms with E-state index in [-0.39, 0.29) is 11.8 Å². The summed E-state index contributed by atoms with van der Waals surface area (Å²) in [6.45, 7) is 8.60. The lowest BCUT2D eigenvalue weighted by Gasteiger charge is -2.26. The van der Waals surface area contributed by atoms with Gasteiger partial charge in [0.05, 0.1) is 32.6 Å². The van der Waals surface area contributed by atoms with Gasteiger partial charge in [0.2, 0.25) is 0 Å². The second kappa shape index (κ2) is 12.4. The summed E-state index contributed by atoms with van der Waals surface area (Å²) < 4.78 is 18.5. The molecule has 0 unspecified atom stereocenters. The SMILES string of the molecule is CCCN(Cc1cccn1Cc1ccc(C(=O)NCCCN2CCOCC2)o1)C(=O)c1ccco1. The van der Waals surface area contributed by atoms with Gasteiger partial charge in [-0.25, -0.2) is 0 Å². The molecule has 4 heterocycles. The van der Waals surface area contributed by atoms with Gasteiger partial charge in [-0.2, -0.15) is 0 Å². The predicted octanol–water partition coefficient (Wildman–Crippen LogP) is 3.23. The van der Waals surface area contributed by atoms with E-state index in [0.717, 1.165) is 51.4 Å². The average Bonchev–Trinajstić information content (AvgIpc) is 3.65. The smallest absolute Gasteiger partial charge is 0.289 e. The molecule has 2 amide bonds. The normalized spacial score (nSPS) is 14.2. The van der Waals surface area contributed by atoms with Crippen molar-refractivity contribution in [3.05, 3.63) is 71.8 Å². The number of furan rings is 2. The Balaban J connectivity index is 1.29. The number of morpholine rings is 1. The highest BCUT2D eigenvalue weighted by Gasteiger charge is 2.20. The van der Waals surface area contributed by atoms with Crippen molar-refractivity contribution in [2.24, 2.45) is 0 Å². The Hall–Kier alpha value is -3.30. The minimum Gasteiger partial charge on any atom is -0.459 e. The van der Waals surface area contributed by atoms with Crippen LogP contribution in [0.2, 0.25) is 0 Å². The number of carbonyl (C=O) groups excluding carboxylic acids is 2. The van der Waals surface area contributed by atoms with Crippen LogP contribution in [-0.4, -0.2) is 72.1 Å². The van der Waals surface area contributed by atoms with Crippen LogP contribution in [0.4, 0.5) is 0 Å². The van der Waals surface area contributed by atoms with Crippen LogP contribution in [0.15, 0.2) is 57.7 Å². The number of nitrogens with one attached hydrogen (secondary N) is 1. The third-order valence-corrected chi connectivity index (χ3v) is 6.04. The first kappa shape index (κ1) is 24.8. The Kier molecular flexibility index (Phi) is 8.80. The van der Waals surface area contributed by atoms with E-state index in [9.17, 15) is 9.59 Å². The number of rotatable bonds is 12. The number of ether oxygens (including phenoxy) is 1. The maximum atomic E-state index is 12.8. The lowest BCUT2D eigenvalue weighted by Crippen LogP contribution is -2.38. The van der Waals surface area contributed by atoms with Crippen molar-refractivity contribution in [3.8, 4) is 0 Å². The van der Waals surface area contributed by atoms with Crippen LogP contribution >= 0.6 is 0 Å². The second-order valence-corrected chi connectivity index (χ2v) is 8.66. The molecule has 1 fully saturated rings. The molecule has 1 N–H and O–H groups in total. The second-order valence-electron chi connectivity index (χ2n) is 8.66. The molecule has 1 aliphatic heterocycles. The van der Waals surface area contributed by atoms with Gasteiger partial charge < -0.3 is 28.4 Å². The lowest BCUT2D eigenvalue weighted by molar-refractivity contribution is 0.0374. The molecule has 9 nitrogen and oxygen atoms in total. The van der Waals surface area contributed by atoms with Crippen molar-refractivity contribution in [1.82, 2.24) is 19.7 Å². The van der Waals surface area contributed by atoms with Gasteiger partial charge >= 0.3 is 0 Å². The van der Waals surface area contributed by atoms with Crippen molar-refractivity contribution < 1.29 is 23.2 Å². The summed E-state index contributed by atoms with van der Waals surface area (Å²) in [5.41, 5.74) is 0.976. The Morgan fingerprint density at radius 2 is 1.94 bits per heavy atom. The number of nitrogens with zero attached hydrogens (tertiary/aromatic N) is 3. The third kappa shape index (κ3) is 6.86. The van der Waals surface area contributed by atoms with E-state index in [1.165, 1.54) is 6.26 Å². The molecular formula is C26H34N4O5. The van der Waals surface area contributed by atoms with Crippen LogP contribution in [-0.2, 0) is 17.8 Å². The van der Waals surface area contributed by atoms with Crippen LogP contribution in [0.5, 0.6) is 0 Å². The van der Waals surface area contributed by atoms with Crippen molar-refractivity contribution >= 4 is 11.8 Å². The van der Waals surface area contributed by atoms with E-state index in [1.54, 1.807) is 23.1 Å². The summed E-state index contributed by atoms with van der Waals surface area (Å²) in [6.07, 6.45) is 5.19. The first-order valence-corrected chi connectivity index (χ1v) is 12.3. The molecule has 1 saturated heterocycles. The maximum absolute atomic E-state index is 12.8. The molecule has 188 valence electrons. The molecule has 0 aromatic carbocycles. The van der Waals surface area contributed by atoms with E-state index < -0.39 is 0 Å². The monoisotopic (exact) mass is 482 g/mol. The van der Waals surface area contributed by atoms with Gasteiger partial charge in [0.15, 0.2) is 11.5 Å². The fourth-order valence-corrected chi connectivity index (χ4v) is 4.19. The summed E-state index contributed by atoms with van der Waals surface area (Å²) >= 11 is 0. The van der Waals surface area contributed by atoms with Crippen LogP contribution in [0, 0.1) is 0 Å². The molecular weight excluding hydrogens is 448 g/mol. The number of aromatic nitrogens is 1. The summed E-state index contributed by atoms with van der Waals surface area (Å²) in [6, 6.07) is 10.9. The van der Waals surface area contributed by atoms with Gasteiger partial charge in [0.25, 0.3) is 11.8 Å². The zero-order valence-corrected chi connectivity index (χ0v) is 20.3. The molecule has 0 radical (unpaired) electrons. The molecule has 1 aliphatic rings. The van der Waals surface area contributed by atoms with Crippen LogP contribution in [0.25, 0.3) is 0 Å². The van der Waals surface area contributed by atoms with E-state index in [2.05, 4.69) is 10.2 Å². The van der Waals surface area contributed by atoms with E-state index in [1.807, 2.05) is 35.9 Å². The van der Waals surface area contributed by atoms with Crippen molar-refractivity contribution in [1.29, 1.82) is 0 Å². The Labute approximate surface area is 205 Å². The molecule has 0 aliphatic carbocycles. The number of amides is 2. The van der Waals surface area contributed by atoms with Crippen LogP contribution in [0.3, 0.4) is 0 Å². The molecule has 9 heteroatoms. The molecule has 0 bridgehead atoms. The fourth-order valence-electron chi connectivity index (χ4n) is 4.19. The fraction of sp³-hybridized carbons (Fsp3) is 0.462. The zero-order chi connectivity index (χ0) is 24.5. The van der Waals surface area contributed by atoms with Gasteiger partial charge in [-0.3, -0.25) is 14.5 Å². The minimum atomic E-state index is -0.205. The Bertz CT molecular complexity index is 1070. The minimum absolute atomic E-state index is 0.129. The molecule has 35 heavy (non-hydrogen) atoms. The number of hydrogen-bond donors (Lipinski definition) is 1. The summed E-state index contributed by atoms with van der Waals surface area (Å²) in [4.78, 5) is 29.4. The lowest BCUT2D eigenvalue weighted by atomic mass is 10.3. The van der Waals surface area contributed by atoms with Crippen molar-refractivity contribution in [2.45, 2.75) is 32.9 Å². The van der Waals surface area contributed by atoms with Gasteiger partial charge in [0, 0.05) is 38.1 Å². The highest BCUT2D eigenvalue weighted by atomic mass is 16.5. The van der Waals surface area contributed by atoms with Gasteiger partial charge in [-0.1, -0.05) is 6.92 Å². The predicted molar refractivity (Wildman–Crippen MR) is 130 cm³/mol. The Morgan fingerprint density at radius 3 is 2.71 bits per heavy atom. The van der Waals surface area contributed by atoms with Gasteiger partial charge in [-0.15, -0.1) is 0 Å². The van der Waals surface area contributed by atoms with Crippen LogP contribution < -0.4 is 5.32 Å². The van der Waals surface area contributed by atoms with E-state index in [0.29, 0.717) is 43.5 Å². The van der Waals surface area contributed by atoms with E-state index >= 15 is 0 Å². The molecule has 3 aromatic heterocycles. The average molecular weight is 483 g/mol. The zero-order valence-electron chi connectivity index (χ0n) is 20.3. The number of hydrogen-bond acceptors (Lipinski definition) is 6. The molecule has 0 spiro atoms. The van der Waals surface area contributed by atoms with E-state index in [4.69, 9.17) is 13.6 Å². The van der Waals surface area contributed by atoms with Crippen molar-refractivity contribution in [2.75, 3.05) is 45.9 Å². The Morgan fingerprint density at radius 1 is 1.09 bits per heavy atom.